The molecular formula is C19H21N3S2. The maximum absolute atomic E-state index is 5.65. The molecule has 0 spiro atoms. The van der Waals surface area contributed by atoms with Crippen molar-refractivity contribution in [3.63, 3.8) is 0 Å². The van der Waals surface area contributed by atoms with Gasteiger partial charge in [-0.3, -0.25) is 0 Å². The highest BCUT2D eigenvalue weighted by molar-refractivity contribution is 7.80. The molecule has 0 fully saturated rings. The van der Waals surface area contributed by atoms with Crippen molar-refractivity contribution in [3.05, 3.63) is 59.1 Å². The van der Waals surface area contributed by atoms with E-state index in [2.05, 4.69) is 52.5 Å². The van der Waals surface area contributed by atoms with E-state index in [4.69, 9.17) is 12.2 Å². The molecular weight excluding hydrogens is 334 g/mol. The summed E-state index contributed by atoms with van der Waals surface area (Å²) < 4.78 is 1.19. The minimum Gasteiger partial charge on any atom is -0.345 e. The Balaban J connectivity index is 1.73. The fourth-order valence-electron chi connectivity index (χ4n) is 2.65. The molecule has 3 nitrogen and oxygen atoms in total. The second kappa shape index (κ2) is 7.73. The number of nitrogens with zero attached hydrogens (tertiary/aromatic N) is 2. The van der Waals surface area contributed by atoms with Gasteiger partial charge >= 0.3 is 0 Å². The molecule has 0 aliphatic carbocycles. The Hall–Kier alpha value is -1.98. The maximum atomic E-state index is 5.65. The van der Waals surface area contributed by atoms with Gasteiger partial charge in [0.15, 0.2) is 5.11 Å². The Kier molecular flexibility index (Phi) is 5.43. The smallest absolute Gasteiger partial charge is 0.173 e. The Morgan fingerprint density at radius 2 is 2.00 bits per heavy atom. The van der Waals surface area contributed by atoms with Crippen molar-refractivity contribution in [2.75, 3.05) is 11.9 Å². The van der Waals surface area contributed by atoms with Gasteiger partial charge in [-0.15, -0.1) is 11.3 Å². The molecule has 1 aromatic heterocycles. The molecule has 0 radical (unpaired) electrons. The number of hydrogen-bond donors (Lipinski definition) is 1. The summed E-state index contributed by atoms with van der Waals surface area (Å²) in [5.74, 6) is 0. The van der Waals surface area contributed by atoms with Crippen molar-refractivity contribution in [2.24, 2.45) is 0 Å². The van der Waals surface area contributed by atoms with Gasteiger partial charge in [-0.05, 0) is 49.3 Å². The third kappa shape index (κ3) is 4.10. The number of thiazole rings is 1. The zero-order valence-corrected chi connectivity index (χ0v) is 15.6. The Bertz CT molecular complexity index is 827. The maximum Gasteiger partial charge on any atom is 0.173 e. The van der Waals surface area contributed by atoms with Crippen LogP contribution in [0.3, 0.4) is 0 Å². The van der Waals surface area contributed by atoms with Gasteiger partial charge in [-0.2, -0.15) is 0 Å². The van der Waals surface area contributed by atoms with Gasteiger partial charge in [0.25, 0.3) is 0 Å². The van der Waals surface area contributed by atoms with E-state index in [-0.39, 0.29) is 0 Å². The van der Waals surface area contributed by atoms with E-state index in [1.54, 1.807) is 11.3 Å². The third-order valence-corrected chi connectivity index (χ3v) is 5.04. The monoisotopic (exact) mass is 355 g/mol. The normalized spacial score (nSPS) is 10.8. The zero-order chi connectivity index (χ0) is 16.9. The van der Waals surface area contributed by atoms with Gasteiger partial charge in [0.2, 0.25) is 0 Å². The van der Waals surface area contributed by atoms with Crippen molar-refractivity contribution < 1.29 is 0 Å². The number of fused-ring (bicyclic) bond motifs is 1. The second-order valence-electron chi connectivity index (χ2n) is 5.75. The number of benzene rings is 2. The quantitative estimate of drug-likeness (QED) is 0.636. The van der Waals surface area contributed by atoms with E-state index >= 15 is 0 Å². The van der Waals surface area contributed by atoms with Gasteiger partial charge in [-0.1, -0.05) is 37.3 Å². The lowest BCUT2D eigenvalue weighted by atomic mass is 10.2. The largest absolute Gasteiger partial charge is 0.345 e. The van der Waals surface area contributed by atoms with Crippen LogP contribution in [0.5, 0.6) is 0 Å². The fourth-order valence-corrected chi connectivity index (χ4v) is 3.79. The summed E-state index contributed by atoms with van der Waals surface area (Å²) in [6, 6.07) is 16.7. The highest BCUT2D eigenvalue weighted by atomic mass is 32.1. The van der Waals surface area contributed by atoms with E-state index in [9.17, 15) is 0 Å². The van der Waals surface area contributed by atoms with E-state index in [0.717, 1.165) is 40.8 Å². The average molecular weight is 356 g/mol. The third-order valence-electron chi connectivity index (χ3n) is 3.74. The SMILES string of the molecule is CCCN(Cc1ccccc1)C(=S)Nc1ccc2nc(C)sc2c1. The lowest BCUT2D eigenvalue weighted by Crippen LogP contribution is -2.34. The lowest BCUT2D eigenvalue weighted by Gasteiger charge is -2.25. The molecule has 0 atom stereocenters. The molecule has 0 unspecified atom stereocenters. The number of anilines is 1. The Morgan fingerprint density at radius 3 is 2.75 bits per heavy atom. The van der Waals surface area contributed by atoms with Gasteiger partial charge < -0.3 is 10.2 Å². The number of aromatic nitrogens is 1. The average Bonchev–Trinajstić information content (AvgIpc) is 2.94. The van der Waals surface area contributed by atoms with Crippen LogP contribution >= 0.6 is 23.6 Å². The van der Waals surface area contributed by atoms with Gasteiger partial charge in [0.05, 0.1) is 15.2 Å². The van der Waals surface area contributed by atoms with Crippen LogP contribution in [0.1, 0.15) is 23.9 Å². The molecule has 1 heterocycles. The summed E-state index contributed by atoms with van der Waals surface area (Å²) in [5, 5.41) is 5.23. The van der Waals surface area contributed by atoms with Crippen LogP contribution in [0.15, 0.2) is 48.5 Å². The summed E-state index contributed by atoms with van der Waals surface area (Å²) in [4.78, 5) is 6.72. The topological polar surface area (TPSA) is 28.2 Å². The summed E-state index contributed by atoms with van der Waals surface area (Å²) in [6.07, 6.45) is 1.06. The summed E-state index contributed by atoms with van der Waals surface area (Å²) in [6.45, 7) is 5.96. The molecule has 0 bridgehead atoms. The van der Waals surface area contributed by atoms with Crippen LogP contribution in [0.2, 0.25) is 0 Å². The minimum absolute atomic E-state index is 0.765. The molecule has 0 aliphatic rings. The number of rotatable bonds is 5. The number of thiocarbonyl (C=S) groups is 1. The fraction of sp³-hybridized carbons (Fsp3) is 0.263. The standard InChI is InChI=1S/C19H21N3S2/c1-3-11-22(13-15-7-5-4-6-8-15)19(23)21-16-9-10-17-18(12-16)24-14(2)20-17/h4-10,12H,3,11,13H2,1-2H3,(H,21,23). The van der Waals surface area contributed by atoms with Crippen LogP contribution < -0.4 is 5.32 Å². The van der Waals surface area contributed by atoms with Gasteiger partial charge in [0, 0.05) is 18.8 Å². The molecule has 1 N–H and O–H groups in total. The van der Waals surface area contributed by atoms with Gasteiger partial charge in [0.1, 0.15) is 0 Å². The summed E-state index contributed by atoms with van der Waals surface area (Å²) in [7, 11) is 0. The van der Waals surface area contributed by atoms with Crippen molar-refractivity contribution in [1.82, 2.24) is 9.88 Å². The number of hydrogen-bond acceptors (Lipinski definition) is 3. The summed E-state index contributed by atoms with van der Waals surface area (Å²) >= 11 is 7.36. The zero-order valence-electron chi connectivity index (χ0n) is 14.0. The number of aryl methyl sites for hydroxylation is 1. The van der Waals surface area contributed by atoms with Crippen molar-refractivity contribution in [2.45, 2.75) is 26.8 Å². The van der Waals surface area contributed by atoms with Crippen LogP contribution in [0, 0.1) is 6.92 Å². The molecule has 124 valence electrons. The molecule has 0 aliphatic heterocycles. The first kappa shape index (κ1) is 16.9. The Labute approximate surface area is 152 Å². The minimum atomic E-state index is 0.765. The van der Waals surface area contributed by atoms with Gasteiger partial charge in [-0.25, -0.2) is 4.98 Å². The Morgan fingerprint density at radius 1 is 1.21 bits per heavy atom. The van der Waals surface area contributed by atoms with E-state index in [1.165, 1.54) is 10.3 Å². The van der Waals surface area contributed by atoms with E-state index in [1.807, 2.05) is 25.1 Å². The first-order valence-electron chi connectivity index (χ1n) is 8.13. The second-order valence-corrected chi connectivity index (χ2v) is 7.37. The summed E-state index contributed by atoms with van der Waals surface area (Å²) in [5.41, 5.74) is 3.33. The molecule has 5 heteroatoms. The number of nitrogens with one attached hydrogen (secondary N) is 1. The van der Waals surface area contributed by atoms with Crippen molar-refractivity contribution in [3.8, 4) is 0 Å². The highest BCUT2D eigenvalue weighted by Crippen LogP contribution is 2.25. The van der Waals surface area contributed by atoms with Crippen LogP contribution in [0.4, 0.5) is 5.69 Å². The molecule has 24 heavy (non-hydrogen) atoms. The molecule has 2 aromatic carbocycles. The first-order chi connectivity index (χ1) is 11.7. The van der Waals surface area contributed by atoms with Crippen molar-refractivity contribution >= 4 is 44.6 Å². The van der Waals surface area contributed by atoms with Crippen LogP contribution in [-0.4, -0.2) is 21.5 Å². The first-order valence-corrected chi connectivity index (χ1v) is 9.35. The van der Waals surface area contributed by atoms with Crippen molar-refractivity contribution in [1.29, 1.82) is 0 Å². The highest BCUT2D eigenvalue weighted by Gasteiger charge is 2.10. The predicted octanol–water partition coefficient (Wildman–Crippen LogP) is 5.21. The molecule has 3 rings (SSSR count). The molecule has 0 amide bonds. The van der Waals surface area contributed by atoms with Crippen LogP contribution in [-0.2, 0) is 6.54 Å². The predicted molar refractivity (Wildman–Crippen MR) is 108 cm³/mol. The molecule has 0 saturated heterocycles. The van der Waals surface area contributed by atoms with Crippen LogP contribution in [0.25, 0.3) is 10.2 Å². The lowest BCUT2D eigenvalue weighted by molar-refractivity contribution is 0.418. The molecule has 3 aromatic rings. The van der Waals surface area contributed by atoms with E-state index in [0.29, 0.717) is 0 Å². The van der Waals surface area contributed by atoms with E-state index < -0.39 is 0 Å². The molecule has 0 saturated carbocycles.